The van der Waals surface area contributed by atoms with Crippen molar-refractivity contribution in [2.75, 3.05) is 0 Å². The summed E-state index contributed by atoms with van der Waals surface area (Å²) in [6.45, 7) is 7.99. The third-order valence-electron chi connectivity index (χ3n) is 4.50. The summed E-state index contributed by atoms with van der Waals surface area (Å²) in [6, 6.07) is 7.26. The van der Waals surface area contributed by atoms with E-state index >= 15 is 0 Å². The number of hydrogen-bond acceptors (Lipinski definition) is 5. The molecule has 0 spiro atoms. The van der Waals surface area contributed by atoms with Crippen LogP contribution in [0.3, 0.4) is 0 Å². The van der Waals surface area contributed by atoms with Gasteiger partial charge in [0.05, 0.1) is 5.71 Å². The Kier molecular flexibility index (Phi) is 4.78. The molecule has 4 N–H and O–H groups in total. The van der Waals surface area contributed by atoms with E-state index in [2.05, 4.69) is 24.1 Å². The molecule has 3 rings (SSSR count). The van der Waals surface area contributed by atoms with E-state index in [1.807, 2.05) is 26.0 Å². The number of aryl methyl sites for hydroxylation is 1. The van der Waals surface area contributed by atoms with Crippen LogP contribution in [0, 0.1) is 19.3 Å². The number of nitrogens with zero attached hydrogens (tertiary/aromatic N) is 2. The Morgan fingerprint density at radius 2 is 1.81 bits per heavy atom. The van der Waals surface area contributed by atoms with Gasteiger partial charge in [-0.05, 0) is 37.8 Å². The molecule has 7 nitrogen and oxygen atoms in total. The molecule has 1 heterocycles. The lowest BCUT2D eigenvalue weighted by Crippen LogP contribution is -2.27. The molecule has 0 atom stereocenters. The lowest BCUT2D eigenvalue weighted by Gasteiger charge is -2.29. The molecule has 2 aromatic rings. The number of nitrogens with two attached hydrogens (primary N) is 2. The maximum Gasteiger partial charge on any atom is 0.379 e. The summed E-state index contributed by atoms with van der Waals surface area (Å²) >= 11 is 0. The van der Waals surface area contributed by atoms with E-state index < -0.39 is 5.97 Å². The number of furan rings is 1. The molecular weight excluding hydrogens is 344 g/mol. The summed E-state index contributed by atoms with van der Waals surface area (Å²) in [5, 5.41) is 7.98. The second-order valence-electron chi connectivity index (χ2n) is 7.65. The van der Waals surface area contributed by atoms with Crippen molar-refractivity contribution in [3.05, 3.63) is 52.5 Å². The van der Waals surface area contributed by atoms with Crippen LogP contribution in [0.2, 0.25) is 0 Å². The molecule has 1 aromatic heterocycles. The smallest absolute Gasteiger partial charge is 0.379 e. The van der Waals surface area contributed by atoms with Crippen LogP contribution in [0.25, 0.3) is 0 Å². The summed E-state index contributed by atoms with van der Waals surface area (Å²) < 4.78 is 11.4. The molecule has 0 radical (unpaired) electrons. The normalized spacial score (nSPS) is 16.7. The van der Waals surface area contributed by atoms with Crippen LogP contribution < -0.4 is 16.2 Å². The third-order valence-corrected chi connectivity index (χ3v) is 4.50. The molecule has 1 aliphatic carbocycles. The Morgan fingerprint density at radius 1 is 1.15 bits per heavy atom. The molecular formula is C20H24N4O3. The average Bonchev–Trinajstić information content (AvgIpc) is 2.90. The summed E-state index contributed by atoms with van der Waals surface area (Å²) in [5.74, 6) is 0.686. The van der Waals surface area contributed by atoms with Gasteiger partial charge in [0.15, 0.2) is 0 Å². The number of carbonyl (C=O) groups is 1. The summed E-state index contributed by atoms with van der Waals surface area (Å²) in [5.41, 5.74) is 14.0. The lowest BCUT2D eigenvalue weighted by molar-refractivity contribution is 0.0697. The van der Waals surface area contributed by atoms with Crippen molar-refractivity contribution in [2.24, 2.45) is 27.1 Å². The highest BCUT2D eigenvalue weighted by Gasteiger charge is 2.36. The fourth-order valence-electron chi connectivity index (χ4n) is 3.27. The average molecular weight is 368 g/mol. The van der Waals surface area contributed by atoms with Gasteiger partial charge >= 0.3 is 5.97 Å². The highest BCUT2D eigenvalue weighted by molar-refractivity contribution is 6.06. The van der Waals surface area contributed by atoms with Gasteiger partial charge in [0, 0.05) is 17.5 Å². The van der Waals surface area contributed by atoms with E-state index in [-0.39, 0.29) is 17.1 Å². The molecule has 0 aliphatic heterocycles. The van der Waals surface area contributed by atoms with Crippen LogP contribution in [-0.4, -0.2) is 17.6 Å². The Morgan fingerprint density at radius 3 is 2.44 bits per heavy atom. The topological polar surface area (TPSA) is 116 Å². The number of rotatable bonds is 3. The first-order chi connectivity index (χ1) is 12.7. The SMILES string of the molecule is Cc1ccc(OC(=O)c2oc3c(c2C)/C(=N\N=C(N)N)CC(C)(C)C3)cc1. The molecule has 1 aliphatic rings. The van der Waals surface area contributed by atoms with Crippen molar-refractivity contribution in [3.63, 3.8) is 0 Å². The Labute approximate surface area is 158 Å². The Balaban J connectivity index is 1.98. The first-order valence-electron chi connectivity index (χ1n) is 8.73. The van der Waals surface area contributed by atoms with Crippen LogP contribution in [-0.2, 0) is 6.42 Å². The molecule has 142 valence electrons. The van der Waals surface area contributed by atoms with Crippen LogP contribution in [0.5, 0.6) is 5.75 Å². The first kappa shape index (κ1) is 18.7. The molecule has 0 saturated carbocycles. The Hall–Kier alpha value is -3.09. The first-order valence-corrected chi connectivity index (χ1v) is 8.73. The summed E-state index contributed by atoms with van der Waals surface area (Å²) in [4.78, 5) is 12.6. The molecule has 0 saturated heterocycles. The van der Waals surface area contributed by atoms with Gasteiger partial charge in [-0.15, -0.1) is 5.10 Å². The zero-order chi connectivity index (χ0) is 19.8. The number of ether oxygens (including phenoxy) is 1. The van der Waals surface area contributed by atoms with Crippen LogP contribution in [0.1, 0.15) is 53.3 Å². The van der Waals surface area contributed by atoms with Gasteiger partial charge in [0.2, 0.25) is 11.7 Å². The molecule has 0 amide bonds. The van der Waals surface area contributed by atoms with E-state index in [0.717, 1.165) is 11.1 Å². The monoisotopic (exact) mass is 368 g/mol. The van der Waals surface area contributed by atoms with Gasteiger partial charge in [-0.25, -0.2) is 4.79 Å². The highest BCUT2D eigenvalue weighted by atomic mass is 16.5. The van der Waals surface area contributed by atoms with Crippen LogP contribution >= 0.6 is 0 Å². The predicted octanol–water partition coefficient (Wildman–Crippen LogP) is 3.07. The summed E-state index contributed by atoms with van der Waals surface area (Å²) in [6.07, 6.45) is 1.35. The largest absolute Gasteiger partial charge is 0.453 e. The lowest BCUT2D eigenvalue weighted by atomic mass is 9.75. The van der Waals surface area contributed by atoms with E-state index in [0.29, 0.717) is 35.6 Å². The second kappa shape index (κ2) is 6.90. The molecule has 27 heavy (non-hydrogen) atoms. The minimum atomic E-state index is -0.537. The van der Waals surface area contributed by atoms with Gasteiger partial charge in [0.1, 0.15) is 11.5 Å². The fourth-order valence-corrected chi connectivity index (χ4v) is 3.27. The molecule has 1 aromatic carbocycles. The minimum Gasteiger partial charge on any atom is -0.453 e. The number of guanidine groups is 1. The van der Waals surface area contributed by atoms with Crippen molar-refractivity contribution in [2.45, 2.75) is 40.5 Å². The van der Waals surface area contributed by atoms with Gasteiger partial charge in [-0.2, -0.15) is 5.10 Å². The molecule has 0 fully saturated rings. The maximum atomic E-state index is 12.6. The highest BCUT2D eigenvalue weighted by Crippen LogP contribution is 2.39. The summed E-state index contributed by atoms with van der Waals surface area (Å²) in [7, 11) is 0. The molecule has 0 bridgehead atoms. The van der Waals surface area contributed by atoms with E-state index in [1.54, 1.807) is 12.1 Å². The standard InChI is InChI=1S/C20H24N4O3/c1-11-5-7-13(8-6-11)26-18(25)17-12(2)16-14(23-24-19(21)22)9-20(3,4)10-15(16)27-17/h5-8H,9-10H2,1-4H3,(H4,21,22,24)/b23-14-. The van der Waals surface area contributed by atoms with E-state index in [4.69, 9.17) is 20.6 Å². The van der Waals surface area contributed by atoms with Gasteiger partial charge < -0.3 is 20.6 Å². The van der Waals surface area contributed by atoms with Crippen molar-refractivity contribution in [1.29, 1.82) is 0 Å². The van der Waals surface area contributed by atoms with Gasteiger partial charge in [-0.3, -0.25) is 0 Å². The quantitative estimate of drug-likeness (QED) is 0.284. The molecule has 7 heteroatoms. The van der Waals surface area contributed by atoms with Crippen molar-refractivity contribution in [1.82, 2.24) is 0 Å². The number of fused-ring (bicyclic) bond motifs is 1. The second-order valence-corrected chi connectivity index (χ2v) is 7.65. The van der Waals surface area contributed by atoms with Crippen molar-refractivity contribution >= 4 is 17.6 Å². The molecule has 0 unspecified atom stereocenters. The fraction of sp³-hybridized carbons (Fsp3) is 0.350. The van der Waals surface area contributed by atoms with Crippen LogP contribution in [0.15, 0.2) is 38.9 Å². The van der Waals surface area contributed by atoms with Gasteiger partial charge in [0.25, 0.3) is 0 Å². The number of hydrogen-bond donors (Lipinski definition) is 2. The number of carbonyl (C=O) groups excluding carboxylic acids is 1. The maximum absolute atomic E-state index is 12.6. The number of benzene rings is 1. The zero-order valence-electron chi connectivity index (χ0n) is 16.0. The van der Waals surface area contributed by atoms with E-state index in [1.165, 1.54) is 0 Å². The third kappa shape index (κ3) is 4.02. The predicted molar refractivity (Wildman–Crippen MR) is 104 cm³/mol. The van der Waals surface area contributed by atoms with Crippen molar-refractivity contribution < 1.29 is 13.9 Å². The zero-order valence-corrected chi connectivity index (χ0v) is 16.0. The van der Waals surface area contributed by atoms with Crippen molar-refractivity contribution in [3.8, 4) is 5.75 Å². The number of esters is 1. The minimum absolute atomic E-state index is 0.0901. The van der Waals surface area contributed by atoms with E-state index in [9.17, 15) is 4.79 Å². The van der Waals surface area contributed by atoms with Gasteiger partial charge in [-0.1, -0.05) is 31.5 Å². The Bertz CT molecular complexity index is 933. The van der Waals surface area contributed by atoms with Crippen LogP contribution in [0.4, 0.5) is 0 Å².